The van der Waals surface area contributed by atoms with E-state index in [1.54, 1.807) is 18.2 Å². The number of carbonyl (C=O) groups is 2. The summed E-state index contributed by atoms with van der Waals surface area (Å²) in [4.78, 5) is 27.5. The zero-order chi connectivity index (χ0) is 19.2. The molecule has 0 radical (unpaired) electrons. The van der Waals surface area contributed by atoms with Crippen molar-refractivity contribution in [1.29, 1.82) is 0 Å². The molecule has 1 aliphatic carbocycles. The van der Waals surface area contributed by atoms with Crippen molar-refractivity contribution in [3.05, 3.63) is 49.4 Å². The molecule has 0 aliphatic heterocycles. The van der Waals surface area contributed by atoms with Gasteiger partial charge in [0.1, 0.15) is 5.71 Å². The van der Waals surface area contributed by atoms with Crippen LogP contribution in [0.1, 0.15) is 25.0 Å². The average molecular weight is 432 g/mol. The van der Waals surface area contributed by atoms with E-state index in [1.807, 2.05) is 0 Å². The van der Waals surface area contributed by atoms with Crippen LogP contribution in [0.4, 0.5) is 5.69 Å². The van der Waals surface area contributed by atoms with Crippen LogP contribution in [0.2, 0.25) is 20.1 Å². The molecule has 1 amide bonds. The predicted molar refractivity (Wildman–Crippen MR) is 104 cm³/mol. The van der Waals surface area contributed by atoms with Crippen molar-refractivity contribution >= 4 is 69.7 Å². The van der Waals surface area contributed by atoms with Crippen LogP contribution >= 0.6 is 46.4 Å². The summed E-state index contributed by atoms with van der Waals surface area (Å²) < 4.78 is 0. The van der Waals surface area contributed by atoms with Crippen molar-refractivity contribution in [3.63, 3.8) is 0 Å². The first-order chi connectivity index (χ1) is 12.2. The van der Waals surface area contributed by atoms with Gasteiger partial charge in [-0.1, -0.05) is 57.6 Å². The molecule has 0 saturated carbocycles. The highest BCUT2D eigenvalue weighted by Crippen LogP contribution is 2.51. The number of hydrogen-bond donors (Lipinski definition) is 1. The summed E-state index contributed by atoms with van der Waals surface area (Å²) in [6.45, 7) is 2.54. The van der Waals surface area contributed by atoms with Gasteiger partial charge in [0.05, 0.1) is 20.8 Å². The van der Waals surface area contributed by atoms with Crippen LogP contribution in [0.25, 0.3) is 11.1 Å². The molecule has 0 heterocycles. The second kappa shape index (κ2) is 7.08. The van der Waals surface area contributed by atoms with Gasteiger partial charge in [-0.3, -0.25) is 4.79 Å². The van der Waals surface area contributed by atoms with E-state index in [1.165, 1.54) is 13.8 Å². The maximum atomic E-state index is 11.5. The molecule has 26 heavy (non-hydrogen) atoms. The van der Waals surface area contributed by atoms with Crippen LogP contribution < -0.4 is 5.32 Å². The summed E-state index contributed by atoms with van der Waals surface area (Å²) in [5.41, 5.74) is 2.59. The van der Waals surface area contributed by atoms with Crippen molar-refractivity contribution in [2.24, 2.45) is 5.16 Å². The minimum absolute atomic E-state index is 0.0975. The van der Waals surface area contributed by atoms with Crippen molar-refractivity contribution in [2.75, 3.05) is 5.32 Å². The van der Waals surface area contributed by atoms with Crippen LogP contribution in [-0.4, -0.2) is 17.6 Å². The van der Waals surface area contributed by atoms with Gasteiger partial charge in [-0.15, -0.1) is 0 Å². The quantitative estimate of drug-likeness (QED) is 0.328. The summed E-state index contributed by atoms with van der Waals surface area (Å²) in [6, 6.07) is 5.07. The Balaban J connectivity index is 2.37. The molecule has 3 rings (SSSR count). The van der Waals surface area contributed by atoms with E-state index in [0.29, 0.717) is 27.3 Å². The molecule has 1 aliphatic rings. The molecule has 9 heteroatoms. The van der Waals surface area contributed by atoms with Crippen molar-refractivity contribution in [2.45, 2.75) is 13.8 Å². The highest BCUT2D eigenvalue weighted by atomic mass is 35.5. The summed E-state index contributed by atoms with van der Waals surface area (Å²) in [7, 11) is 0. The second-order valence-corrected chi connectivity index (χ2v) is 7.03. The fraction of sp³-hybridized carbons (Fsp3) is 0.118. The molecule has 0 unspecified atom stereocenters. The summed E-state index contributed by atoms with van der Waals surface area (Å²) in [6.07, 6.45) is 0. The second-order valence-electron chi connectivity index (χ2n) is 5.46. The molecular formula is C17H10Cl4N2O3. The minimum Gasteiger partial charge on any atom is -0.324 e. The maximum absolute atomic E-state index is 11.5. The molecule has 0 atom stereocenters. The number of rotatable bonds is 2. The third-order valence-corrected chi connectivity index (χ3v) is 5.10. The van der Waals surface area contributed by atoms with Gasteiger partial charge in [-0.2, -0.15) is 0 Å². The molecule has 0 spiro atoms. The average Bonchev–Trinajstić information content (AvgIpc) is 2.88. The number of hydrogen-bond acceptors (Lipinski definition) is 4. The number of benzene rings is 2. The van der Waals surface area contributed by atoms with E-state index in [4.69, 9.17) is 51.2 Å². The number of fused-ring (bicyclic) bond motifs is 3. The highest BCUT2D eigenvalue weighted by molar-refractivity contribution is 6.51. The maximum Gasteiger partial charge on any atom is 0.332 e. The SMILES string of the molecule is CC(=O)Nc1c(Cl)c(Cl)c2c(c1Cl)/C(=N\OC(C)=O)c1cc(Cl)ccc1-2. The highest BCUT2D eigenvalue weighted by Gasteiger charge is 2.34. The lowest BCUT2D eigenvalue weighted by Crippen LogP contribution is -2.10. The monoisotopic (exact) mass is 430 g/mol. The summed E-state index contributed by atoms with van der Waals surface area (Å²) in [5, 5.41) is 7.33. The lowest BCUT2D eigenvalue weighted by atomic mass is 10.0. The van der Waals surface area contributed by atoms with E-state index < -0.39 is 5.97 Å². The number of halogens is 4. The van der Waals surface area contributed by atoms with Crippen LogP contribution in [0.3, 0.4) is 0 Å². The first-order valence-electron chi connectivity index (χ1n) is 7.26. The van der Waals surface area contributed by atoms with E-state index >= 15 is 0 Å². The molecule has 0 fully saturated rings. The van der Waals surface area contributed by atoms with Crippen LogP contribution in [0, 0.1) is 0 Å². The van der Waals surface area contributed by atoms with E-state index in [9.17, 15) is 9.59 Å². The molecule has 5 nitrogen and oxygen atoms in total. The lowest BCUT2D eigenvalue weighted by Gasteiger charge is -2.14. The Morgan fingerprint density at radius 2 is 1.65 bits per heavy atom. The van der Waals surface area contributed by atoms with Gasteiger partial charge in [0.15, 0.2) is 0 Å². The third-order valence-electron chi connectivity index (χ3n) is 3.63. The largest absolute Gasteiger partial charge is 0.332 e. The lowest BCUT2D eigenvalue weighted by molar-refractivity contribution is -0.140. The van der Waals surface area contributed by atoms with E-state index in [-0.39, 0.29) is 32.4 Å². The van der Waals surface area contributed by atoms with Gasteiger partial charge in [-0.25, -0.2) is 4.79 Å². The standard InChI is InChI=1S/C17H10Cl4N2O3/c1-6(24)22-17-14(20)12-11(13(19)15(17)21)9-4-3-8(18)5-10(9)16(12)23-26-7(2)25/h3-5H,1-2H3,(H,22,24)/b23-16-. The number of oxime groups is 1. The Bertz CT molecular complexity index is 1000. The van der Waals surface area contributed by atoms with Gasteiger partial charge in [0.2, 0.25) is 5.91 Å². The van der Waals surface area contributed by atoms with E-state index in [0.717, 1.165) is 0 Å². The fourth-order valence-electron chi connectivity index (χ4n) is 2.69. The van der Waals surface area contributed by atoms with Gasteiger partial charge in [0.25, 0.3) is 0 Å². The molecule has 2 aromatic rings. The van der Waals surface area contributed by atoms with Crippen molar-refractivity contribution in [3.8, 4) is 11.1 Å². The number of amides is 1. The molecule has 1 N–H and O–H groups in total. The van der Waals surface area contributed by atoms with Crippen molar-refractivity contribution in [1.82, 2.24) is 0 Å². The summed E-state index contributed by atoms with van der Waals surface area (Å²) >= 11 is 25.4. The minimum atomic E-state index is -0.604. The molecule has 0 aromatic heterocycles. The molecule has 134 valence electrons. The van der Waals surface area contributed by atoms with Crippen LogP contribution in [0.15, 0.2) is 23.4 Å². The number of carbonyl (C=O) groups excluding carboxylic acids is 2. The normalized spacial score (nSPS) is 13.4. The Hall–Kier alpha value is -1.79. The third kappa shape index (κ3) is 3.16. The molecule has 2 aromatic carbocycles. The first kappa shape index (κ1) is 19.0. The van der Waals surface area contributed by atoms with E-state index in [2.05, 4.69) is 10.5 Å². The number of anilines is 1. The van der Waals surface area contributed by atoms with Gasteiger partial charge in [-0.05, 0) is 17.7 Å². The Morgan fingerprint density at radius 1 is 0.962 bits per heavy atom. The predicted octanol–water partition coefficient (Wildman–Crippen LogP) is 5.55. The summed E-state index contributed by atoms with van der Waals surface area (Å²) in [5.74, 6) is -0.977. The zero-order valence-corrected chi connectivity index (χ0v) is 16.4. The molecule has 0 saturated heterocycles. The van der Waals surface area contributed by atoms with Crippen LogP contribution in [0.5, 0.6) is 0 Å². The zero-order valence-electron chi connectivity index (χ0n) is 13.4. The van der Waals surface area contributed by atoms with Gasteiger partial charge >= 0.3 is 5.97 Å². The van der Waals surface area contributed by atoms with Crippen LogP contribution in [-0.2, 0) is 14.4 Å². The smallest absolute Gasteiger partial charge is 0.324 e. The fourth-order valence-corrected chi connectivity index (χ4v) is 3.76. The number of nitrogens with zero attached hydrogens (tertiary/aromatic N) is 1. The van der Waals surface area contributed by atoms with Gasteiger partial charge < -0.3 is 10.2 Å². The Morgan fingerprint density at radius 3 is 2.27 bits per heavy atom. The molecule has 0 bridgehead atoms. The molecular weight excluding hydrogens is 422 g/mol. The Labute approximate surface area is 168 Å². The van der Waals surface area contributed by atoms with Crippen molar-refractivity contribution < 1.29 is 14.4 Å². The number of nitrogens with one attached hydrogen (secondary N) is 1. The first-order valence-corrected chi connectivity index (χ1v) is 8.77. The Kier molecular flexibility index (Phi) is 5.17. The van der Waals surface area contributed by atoms with Gasteiger partial charge in [0, 0.05) is 35.6 Å². The topological polar surface area (TPSA) is 67.8 Å².